The Kier molecular flexibility index (Phi) is 8.11. The van der Waals surface area contributed by atoms with Gasteiger partial charge in [0.15, 0.2) is 0 Å². The topological polar surface area (TPSA) is 122 Å². The second-order valence-electron chi connectivity index (χ2n) is 7.32. The number of non-ortho nitro benzene ring substituents is 1. The van der Waals surface area contributed by atoms with Gasteiger partial charge in [-0.1, -0.05) is 59.6 Å². The van der Waals surface area contributed by atoms with E-state index in [1.807, 2.05) is 6.92 Å². The first-order chi connectivity index (χ1) is 16.2. The molecule has 3 aromatic carbocycles. The van der Waals surface area contributed by atoms with Crippen LogP contribution in [-0.2, 0) is 21.4 Å². The summed E-state index contributed by atoms with van der Waals surface area (Å²) in [5.41, 5.74) is 3.97. The summed E-state index contributed by atoms with van der Waals surface area (Å²) in [4.78, 5) is 22.9. The van der Waals surface area contributed by atoms with E-state index in [-0.39, 0.29) is 17.1 Å². The van der Waals surface area contributed by atoms with E-state index in [9.17, 15) is 23.3 Å². The molecule has 3 rings (SSSR count). The number of rotatable bonds is 9. The van der Waals surface area contributed by atoms with Crippen molar-refractivity contribution in [2.45, 2.75) is 18.4 Å². The second-order valence-corrected chi connectivity index (χ2v) is 9.67. The highest BCUT2D eigenvalue weighted by Crippen LogP contribution is 2.22. The number of carbonyl (C=O) groups is 1. The van der Waals surface area contributed by atoms with Crippen LogP contribution in [0, 0.1) is 17.0 Å². The molecule has 3 aromatic rings. The van der Waals surface area contributed by atoms with Crippen molar-refractivity contribution in [3.05, 3.63) is 105 Å². The van der Waals surface area contributed by atoms with Gasteiger partial charge in [0.2, 0.25) is 10.0 Å². The maximum absolute atomic E-state index is 13.3. The quantitative estimate of drug-likeness (QED) is 0.271. The van der Waals surface area contributed by atoms with E-state index in [1.54, 1.807) is 42.5 Å². The lowest BCUT2D eigenvalue weighted by atomic mass is 10.2. The molecule has 0 heterocycles. The van der Waals surface area contributed by atoms with Crippen LogP contribution < -0.4 is 5.43 Å². The van der Waals surface area contributed by atoms with Gasteiger partial charge in [-0.15, -0.1) is 0 Å². The van der Waals surface area contributed by atoms with Gasteiger partial charge in [-0.3, -0.25) is 14.9 Å². The number of benzene rings is 3. The molecule has 0 saturated heterocycles. The molecule has 11 heteroatoms. The third kappa shape index (κ3) is 6.47. The number of halogens is 1. The van der Waals surface area contributed by atoms with Gasteiger partial charge in [0.1, 0.15) is 0 Å². The molecule has 0 aliphatic carbocycles. The van der Waals surface area contributed by atoms with Gasteiger partial charge in [-0.25, -0.2) is 13.8 Å². The van der Waals surface area contributed by atoms with Crippen molar-refractivity contribution in [2.75, 3.05) is 6.54 Å². The van der Waals surface area contributed by atoms with Crippen molar-refractivity contribution in [1.82, 2.24) is 9.73 Å². The Labute approximate surface area is 201 Å². The number of nitro groups is 1. The maximum Gasteiger partial charge on any atom is 0.270 e. The Morgan fingerprint density at radius 3 is 2.50 bits per heavy atom. The van der Waals surface area contributed by atoms with E-state index in [2.05, 4.69) is 10.5 Å². The first-order valence-corrected chi connectivity index (χ1v) is 11.9. The van der Waals surface area contributed by atoms with Crippen LogP contribution in [-0.4, -0.2) is 36.3 Å². The van der Waals surface area contributed by atoms with Gasteiger partial charge in [0.05, 0.1) is 22.6 Å². The monoisotopic (exact) mass is 500 g/mol. The molecule has 1 amide bonds. The van der Waals surface area contributed by atoms with Crippen molar-refractivity contribution in [1.29, 1.82) is 0 Å². The lowest BCUT2D eigenvalue weighted by Crippen LogP contribution is -2.39. The third-order valence-corrected chi connectivity index (χ3v) is 6.94. The Morgan fingerprint density at radius 1 is 1.12 bits per heavy atom. The molecule has 1 N–H and O–H groups in total. The smallest absolute Gasteiger partial charge is 0.270 e. The van der Waals surface area contributed by atoms with Gasteiger partial charge >= 0.3 is 0 Å². The number of hydrazone groups is 1. The molecule has 9 nitrogen and oxygen atoms in total. The Hall–Kier alpha value is -3.60. The number of carbonyl (C=O) groups excluding carboxylic acids is 1. The van der Waals surface area contributed by atoms with Crippen molar-refractivity contribution < 1.29 is 18.1 Å². The number of nitrogens with zero attached hydrogens (tertiary/aromatic N) is 3. The summed E-state index contributed by atoms with van der Waals surface area (Å²) < 4.78 is 27.6. The zero-order chi connectivity index (χ0) is 24.7. The number of sulfonamides is 1. The van der Waals surface area contributed by atoms with E-state index in [1.165, 1.54) is 36.5 Å². The number of hydrogen-bond acceptors (Lipinski definition) is 6. The summed E-state index contributed by atoms with van der Waals surface area (Å²) >= 11 is 6.21. The molecule has 0 radical (unpaired) electrons. The van der Waals surface area contributed by atoms with Crippen LogP contribution >= 0.6 is 11.6 Å². The molecule has 0 saturated carbocycles. The fourth-order valence-electron chi connectivity index (χ4n) is 2.99. The van der Waals surface area contributed by atoms with Crippen LogP contribution in [0.25, 0.3) is 0 Å². The summed E-state index contributed by atoms with van der Waals surface area (Å²) in [6.45, 7) is 1.19. The van der Waals surface area contributed by atoms with Crippen LogP contribution in [0.15, 0.2) is 82.8 Å². The number of nitro benzene ring substituents is 1. The fraction of sp³-hybridized carbons (Fsp3) is 0.130. The molecular weight excluding hydrogens is 480 g/mol. The molecule has 0 unspecified atom stereocenters. The zero-order valence-corrected chi connectivity index (χ0v) is 19.7. The summed E-state index contributed by atoms with van der Waals surface area (Å²) in [6.07, 6.45) is 1.23. The average molecular weight is 501 g/mol. The largest absolute Gasteiger partial charge is 0.272 e. The first kappa shape index (κ1) is 25.0. The van der Waals surface area contributed by atoms with Crippen molar-refractivity contribution >= 4 is 39.4 Å². The number of aryl methyl sites for hydroxylation is 1. The molecular formula is C23H21ClN4O5S. The number of nitrogens with one attached hydrogen (secondary N) is 1. The van der Waals surface area contributed by atoms with Gasteiger partial charge in [0, 0.05) is 29.3 Å². The van der Waals surface area contributed by atoms with E-state index in [0.29, 0.717) is 16.1 Å². The minimum atomic E-state index is -4.03. The summed E-state index contributed by atoms with van der Waals surface area (Å²) in [7, 11) is -4.03. The highest BCUT2D eigenvalue weighted by atomic mass is 35.5. The van der Waals surface area contributed by atoms with E-state index >= 15 is 0 Å². The Bertz CT molecular complexity index is 1330. The number of hydrogen-bond donors (Lipinski definition) is 1. The fourth-order valence-corrected chi connectivity index (χ4v) is 4.56. The van der Waals surface area contributed by atoms with Gasteiger partial charge in [-0.2, -0.15) is 9.41 Å². The highest BCUT2D eigenvalue weighted by molar-refractivity contribution is 7.89. The molecule has 0 atom stereocenters. The minimum absolute atomic E-state index is 0.0399. The molecule has 0 aliphatic heterocycles. The van der Waals surface area contributed by atoms with E-state index in [0.717, 1.165) is 9.87 Å². The van der Waals surface area contributed by atoms with Crippen molar-refractivity contribution in [3.63, 3.8) is 0 Å². The normalized spacial score (nSPS) is 11.6. The lowest BCUT2D eigenvalue weighted by Gasteiger charge is -2.22. The summed E-state index contributed by atoms with van der Waals surface area (Å²) in [5.74, 6) is -0.690. The van der Waals surface area contributed by atoms with Crippen LogP contribution in [0.5, 0.6) is 0 Å². The highest BCUT2D eigenvalue weighted by Gasteiger charge is 2.27. The van der Waals surface area contributed by atoms with Crippen molar-refractivity contribution in [2.24, 2.45) is 5.10 Å². The summed E-state index contributed by atoms with van der Waals surface area (Å²) in [6, 6.07) is 18.7. The molecule has 0 fully saturated rings. The van der Waals surface area contributed by atoms with Gasteiger partial charge in [-0.05, 0) is 30.7 Å². The standard InChI is InChI=1S/C23H21ClN4O5S/c1-17-9-11-21(12-10-17)34(32,33)27(15-19-6-2-3-8-22(19)24)16-23(29)26-25-14-18-5-4-7-20(13-18)28(30)31/h2-14H,15-16H2,1H3,(H,26,29)/b25-14-. The van der Waals surface area contributed by atoms with E-state index < -0.39 is 27.4 Å². The van der Waals surface area contributed by atoms with Crippen molar-refractivity contribution in [3.8, 4) is 0 Å². The third-order valence-electron chi connectivity index (χ3n) is 4.77. The maximum atomic E-state index is 13.3. The molecule has 0 spiro atoms. The molecule has 176 valence electrons. The van der Waals surface area contributed by atoms with Gasteiger partial charge < -0.3 is 0 Å². The SMILES string of the molecule is Cc1ccc(S(=O)(=O)N(CC(=O)N/N=C\c2cccc([N+](=O)[O-])c2)Cc2ccccc2Cl)cc1. The first-order valence-electron chi connectivity index (χ1n) is 10.0. The molecule has 0 bridgehead atoms. The van der Waals surface area contributed by atoms with E-state index in [4.69, 9.17) is 11.6 Å². The number of amides is 1. The molecule has 0 aromatic heterocycles. The summed E-state index contributed by atoms with van der Waals surface area (Å²) in [5, 5.41) is 15.0. The predicted molar refractivity (Wildman–Crippen MR) is 129 cm³/mol. The van der Waals surface area contributed by atoms with Crippen LogP contribution in [0.3, 0.4) is 0 Å². The second kappa shape index (κ2) is 11.0. The predicted octanol–water partition coefficient (Wildman–Crippen LogP) is 3.90. The molecule has 34 heavy (non-hydrogen) atoms. The Balaban J connectivity index is 1.80. The zero-order valence-electron chi connectivity index (χ0n) is 18.1. The Morgan fingerprint density at radius 2 is 1.82 bits per heavy atom. The van der Waals surface area contributed by atoms with Gasteiger partial charge in [0.25, 0.3) is 11.6 Å². The average Bonchev–Trinajstić information content (AvgIpc) is 2.80. The van der Waals surface area contributed by atoms with Crippen LogP contribution in [0.1, 0.15) is 16.7 Å². The van der Waals surface area contributed by atoms with Crippen LogP contribution in [0.2, 0.25) is 5.02 Å². The van der Waals surface area contributed by atoms with Crippen LogP contribution in [0.4, 0.5) is 5.69 Å². The minimum Gasteiger partial charge on any atom is -0.272 e. The lowest BCUT2D eigenvalue weighted by molar-refractivity contribution is -0.384. The molecule has 0 aliphatic rings.